The lowest BCUT2D eigenvalue weighted by atomic mass is 10.0. The Kier molecular flexibility index (Phi) is 7.37. The number of imidazole rings is 1. The van der Waals surface area contributed by atoms with Crippen molar-refractivity contribution < 1.29 is 32.2 Å². The van der Waals surface area contributed by atoms with Crippen LogP contribution in [0.5, 0.6) is 5.75 Å². The molecule has 0 bridgehead atoms. The molecule has 0 spiro atoms. The number of aromatic carboxylic acids is 1. The van der Waals surface area contributed by atoms with Gasteiger partial charge in [0.15, 0.2) is 17.5 Å². The van der Waals surface area contributed by atoms with Gasteiger partial charge in [-0.15, -0.1) is 0 Å². The van der Waals surface area contributed by atoms with Crippen molar-refractivity contribution >= 4 is 28.5 Å². The molecule has 6 rings (SSSR count). The Balaban J connectivity index is 1.36. The van der Waals surface area contributed by atoms with E-state index in [-0.39, 0.29) is 24.4 Å². The molecule has 0 atom stereocenters. The minimum absolute atomic E-state index is 0.0557. The molecular formula is C32H20ClF4N3O3. The van der Waals surface area contributed by atoms with Gasteiger partial charge in [-0.05, 0) is 71.8 Å². The van der Waals surface area contributed by atoms with E-state index >= 15 is 0 Å². The number of aromatic amines is 1. The molecule has 0 amide bonds. The number of nitrogens with one attached hydrogen (secondary N) is 1. The van der Waals surface area contributed by atoms with Crippen molar-refractivity contribution in [2.75, 3.05) is 0 Å². The van der Waals surface area contributed by atoms with E-state index in [9.17, 15) is 27.5 Å². The van der Waals surface area contributed by atoms with Crippen LogP contribution in [0.1, 0.15) is 21.6 Å². The van der Waals surface area contributed by atoms with Crippen LogP contribution in [0.25, 0.3) is 33.4 Å². The number of carboxylic acid groups (broad SMARTS) is 1. The second-order valence-corrected chi connectivity index (χ2v) is 10.2. The molecule has 6 nitrogen and oxygen atoms in total. The minimum atomic E-state index is -1.54. The molecule has 2 aromatic heterocycles. The largest absolute Gasteiger partial charge is 0.489 e. The van der Waals surface area contributed by atoms with Gasteiger partial charge < -0.3 is 19.4 Å². The summed E-state index contributed by atoms with van der Waals surface area (Å²) in [4.78, 5) is 19.9. The number of benzene rings is 4. The van der Waals surface area contributed by atoms with Crippen LogP contribution in [0.4, 0.5) is 17.6 Å². The third-order valence-electron chi connectivity index (χ3n) is 6.89. The topological polar surface area (TPSA) is 80.1 Å². The summed E-state index contributed by atoms with van der Waals surface area (Å²) in [5, 5.41) is 11.2. The average Bonchev–Trinajstić information content (AvgIpc) is 3.56. The van der Waals surface area contributed by atoms with Crippen LogP contribution in [0, 0.1) is 23.3 Å². The predicted octanol–water partition coefficient (Wildman–Crippen LogP) is 8.23. The van der Waals surface area contributed by atoms with E-state index in [2.05, 4.69) is 9.97 Å². The zero-order valence-electron chi connectivity index (χ0n) is 22.0. The lowest BCUT2D eigenvalue weighted by Crippen LogP contribution is -2.05. The number of ether oxygens (including phenoxy) is 1. The van der Waals surface area contributed by atoms with E-state index in [0.717, 1.165) is 17.7 Å². The van der Waals surface area contributed by atoms with Gasteiger partial charge in [0.2, 0.25) is 0 Å². The molecule has 0 aliphatic heterocycles. The summed E-state index contributed by atoms with van der Waals surface area (Å²) in [6, 6.07) is 19.4. The fourth-order valence-corrected chi connectivity index (χ4v) is 5.08. The van der Waals surface area contributed by atoms with Crippen LogP contribution in [0.15, 0.2) is 85.2 Å². The molecule has 2 N–H and O–H groups in total. The van der Waals surface area contributed by atoms with Gasteiger partial charge in [-0.2, -0.15) is 0 Å². The summed E-state index contributed by atoms with van der Waals surface area (Å²) in [5.41, 5.74) is 3.35. The van der Waals surface area contributed by atoms with Gasteiger partial charge in [-0.1, -0.05) is 29.8 Å². The van der Waals surface area contributed by atoms with Crippen molar-refractivity contribution in [1.29, 1.82) is 0 Å². The average molecular weight is 606 g/mol. The maximum Gasteiger partial charge on any atom is 0.353 e. The summed E-state index contributed by atoms with van der Waals surface area (Å²) >= 11 is 6.18. The Hall–Kier alpha value is -5.09. The first kappa shape index (κ1) is 28.0. The third kappa shape index (κ3) is 5.56. The molecule has 0 unspecified atom stereocenters. The van der Waals surface area contributed by atoms with E-state index in [0.29, 0.717) is 44.2 Å². The zero-order chi connectivity index (χ0) is 30.2. The van der Waals surface area contributed by atoms with Crippen LogP contribution >= 0.6 is 11.6 Å². The van der Waals surface area contributed by atoms with Crippen LogP contribution in [-0.4, -0.2) is 25.6 Å². The Morgan fingerprint density at radius 2 is 1.60 bits per heavy atom. The zero-order valence-corrected chi connectivity index (χ0v) is 22.8. The van der Waals surface area contributed by atoms with Crippen molar-refractivity contribution in [1.82, 2.24) is 14.5 Å². The van der Waals surface area contributed by atoms with E-state index in [1.807, 2.05) is 0 Å². The number of hydrogen-bond donors (Lipinski definition) is 2. The number of nitrogens with zero attached hydrogens (tertiary/aromatic N) is 2. The highest BCUT2D eigenvalue weighted by Gasteiger charge is 2.25. The lowest BCUT2D eigenvalue weighted by molar-refractivity contribution is 0.0692. The molecule has 6 aromatic rings. The van der Waals surface area contributed by atoms with Crippen molar-refractivity contribution in [3.8, 4) is 28.3 Å². The number of hydrogen-bond acceptors (Lipinski definition) is 3. The summed E-state index contributed by atoms with van der Waals surface area (Å²) in [7, 11) is 0. The van der Waals surface area contributed by atoms with Gasteiger partial charge in [-0.3, -0.25) is 0 Å². The van der Waals surface area contributed by atoms with E-state index in [4.69, 9.17) is 16.3 Å². The smallest absolute Gasteiger partial charge is 0.353 e. The van der Waals surface area contributed by atoms with Gasteiger partial charge in [0.05, 0.1) is 17.7 Å². The molecule has 4 aromatic carbocycles. The molecule has 216 valence electrons. The van der Waals surface area contributed by atoms with Crippen LogP contribution in [-0.2, 0) is 13.2 Å². The molecule has 0 radical (unpaired) electrons. The number of carboxylic acids is 1. The van der Waals surface area contributed by atoms with Crippen LogP contribution < -0.4 is 4.74 Å². The van der Waals surface area contributed by atoms with E-state index < -0.39 is 29.2 Å². The highest BCUT2D eigenvalue weighted by Crippen LogP contribution is 2.39. The quantitative estimate of drug-likeness (QED) is 0.135. The second-order valence-electron chi connectivity index (χ2n) is 9.75. The monoisotopic (exact) mass is 605 g/mol. The van der Waals surface area contributed by atoms with Crippen molar-refractivity contribution in [3.63, 3.8) is 0 Å². The first-order chi connectivity index (χ1) is 20.7. The first-order valence-corrected chi connectivity index (χ1v) is 13.3. The Bertz CT molecular complexity index is 1960. The van der Waals surface area contributed by atoms with Gasteiger partial charge in [0.25, 0.3) is 0 Å². The highest BCUT2D eigenvalue weighted by molar-refractivity contribution is 6.31. The summed E-state index contributed by atoms with van der Waals surface area (Å²) < 4.78 is 61.4. The van der Waals surface area contributed by atoms with Gasteiger partial charge in [0, 0.05) is 33.6 Å². The molecule has 11 heteroatoms. The molecule has 0 fully saturated rings. The molecule has 2 heterocycles. The Morgan fingerprint density at radius 3 is 2.28 bits per heavy atom. The second kappa shape index (κ2) is 11.3. The van der Waals surface area contributed by atoms with Crippen molar-refractivity contribution in [2.24, 2.45) is 0 Å². The maximum absolute atomic E-state index is 13.7. The van der Waals surface area contributed by atoms with Crippen LogP contribution in [0.3, 0.4) is 0 Å². The highest BCUT2D eigenvalue weighted by atomic mass is 35.5. The molecule has 0 saturated carbocycles. The number of aromatic nitrogens is 3. The minimum Gasteiger partial charge on any atom is -0.489 e. The number of halogens is 5. The van der Waals surface area contributed by atoms with E-state index in [1.54, 1.807) is 65.5 Å². The standard InChI is InChI=1S/C32H20ClF4N3O3/c33-20-5-10-23-26(13-20)39-30(32(41)42)27(23)31-29(19-3-6-21(34)7-4-19)38-16-40(31)14-17-1-8-22(9-2-17)43-15-18-11-24(35)28(37)25(36)12-18/h1-13,16,39H,14-15H2,(H,41,42). The van der Waals surface area contributed by atoms with Gasteiger partial charge in [0.1, 0.15) is 23.9 Å². The summed E-state index contributed by atoms with van der Waals surface area (Å²) in [6.45, 7) is 0.0974. The third-order valence-corrected chi connectivity index (χ3v) is 7.13. The lowest BCUT2D eigenvalue weighted by Gasteiger charge is -2.13. The number of fused-ring (bicyclic) bond motifs is 1. The fraction of sp³-hybridized carbons (Fsp3) is 0.0625. The Morgan fingerprint density at radius 1 is 0.907 bits per heavy atom. The van der Waals surface area contributed by atoms with E-state index in [1.165, 1.54) is 12.1 Å². The number of rotatable bonds is 8. The predicted molar refractivity (Wildman–Crippen MR) is 153 cm³/mol. The number of carbonyl (C=O) groups is 1. The molecule has 0 saturated heterocycles. The summed E-state index contributed by atoms with van der Waals surface area (Å²) in [5.74, 6) is -5.32. The van der Waals surface area contributed by atoms with Gasteiger partial charge >= 0.3 is 5.97 Å². The summed E-state index contributed by atoms with van der Waals surface area (Å²) in [6.07, 6.45) is 1.58. The number of H-pyrrole nitrogens is 1. The fourth-order valence-electron chi connectivity index (χ4n) is 4.91. The first-order valence-electron chi connectivity index (χ1n) is 12.9. The van der Waals surface area contributed by atoms with Crippen molar-refractivity contribution in [2.45, 2.75) is 13.2 Å². The maximum atomic E-state index is 13.7. The van der Waals surface area contributed by atoms with Gasteiger partial charge in [-0.25, -0.2) is 27.3 Å². The molecule has 0 aliphatic carbocycles. The van der Waals surface area contributed by atoms with Crippen molar-refractivity contribution in [3.05, 3.63) is 130 Å². The normalized spacial score (nSPS) is 11.3. The molecular weight excluding hydrogens is 586 g/mol. The molecule has 43 heavy (non-hydrogen) atoms. The van der Waals surface area contributed by atoms with Crippen LogP contribution in [0.2, 0.25) is 5.02 Å². The Labute approximate surface area is 246 Å². The molecule has 0 aliphatic rings. The SMILES string of the molecule is O=C(O)c1[nH]c2cc(Cl)ccc2c1-c1c(-c2ccc(F)cc2)ncn1Cc1ccc(OCc2cc(F)c(F)c(F)c2)cc1.